The molecule has 5 heteroatoms. The van der Waals surface area contributed by atoms with Gasteiger partial charge in [-0.15, -0.1) is 0 Å². The molecule has 0 unspecified atom stereocenters. The first-order valence-electron chi connectivity index (χ1n) is 3.77. The Balaban J connectivity index is 2.94. The summed E-state index contributed by atoms with van der Waals surface area (Å²) >= 11 is 4.44. The Morgan fingerprint density at radius 2 is 2.00 bits per heavy atom. The van der Waals surface area contributed by atoms with Gasteiger partial charge in [-0.1, -0.05) is 0 Å². The predicted octanol–water partition coefficient (Wildman–Crippen LogP) is 2.56. The monoisotopic (exact) mass is 399 g/mol. The van der Waals surface area contributed by atoms with Gasteiger partial charge in [0.1, 0.15) is 3.70 Å². The van der Waals surface area contributed by atoms with E-state index in [4.69, 9.17) is 0 Å². The van der Waals surface area contributed by atoms with Crippen LogP contribution < -0.4 is 0 Å². The molecule has 0 bridgehead atoms. The van der Waals surface area contributed by atoms with Gasteiger partial charge < -0.3 is 0 Å². The maximum Gasteiger partial charge on any atom is 0.192 e. The van der Waals surface area contributed by atoms with Gasteiger partial charge in [-0.3, -0.25) is 0 Å². The summed E-state index contributed by atoms with van der Waals surface area (Å²) in [5.41, 5.74) is 3.42. The molecule has 0 saturated heterocycles. The zero-order valence-electron chi connectivity index (χ0n) is 7.17. The van der Waals surface area contributed by atoms with Crippen molar-refractivity contribution in [1.82, 2.24) is 14.6 Å². The molecule has 2 aromatic rings. The van der Waals surface area contributed by atoms with Crippen molar-refractivity contribution in [3.63, 3.8) is 0 Å². The van der Waals surface area contributed by atoms with Crippen LogP contribution >= 0.6 is 45.2 Å². The molecular weight excluding hydrogens is 392 g/mol. The van der Waals surface area contributed by atoms with E-state index in [9.17, 15) is 0 Å². The third-order valence-corrected chi connectivity index (χ3v) is 3.62. The highest BCUT2D eigenvalue weighted by molar-refractivity contribution is 14.1. The van der Waals surface area contributed by atoms with Crippen molar-refractivity contribution >= 4 is 50.7 Å². The van der Waals surface area contributed by atoms with Crippen LogP contribution in [0.3, 0.4) is 0 Å². The van der Waals surface area contributed by atoms with E-state index in [-0.39, 0.29) is 0 Å². The molecule has 2 aromatic heterocycles. The van der Waals surface area contributed by atoms with Gasteiger partial charge in [0, 0.05) is 33.8 Å². The summed E-state index contributed by atoms with van der Waals surface area (Å²) in [5, 5.41) is 4.39. The highest BCUT2D eigenvalue weighted by Gasteiger charge is 2.09. The molecule has 0 aliphatic heterocycles. The quantitative estimate of drug-likeness (QED) is 0.504. The Labute approximate surface area is 103 Å². The highest BCUT2D eigenvalue weighted by Crippen LogP contribution is 2.18. The number of hydrogen-bond donors (Lipinski definition) is 0. The summed E-state index contributed by atoms with van der Waals surface area (Å²) in [4.78, 5) is 4.34. The molecule has 0 fully saturated rings. The molecule has 2 heterocycles. The Morgan fingerprint density at radius 1 is 1.31 bits per heavy atom. The second-order valence-electron chi connectivity index (χ2n) is 2.88. The maximum absolute atomic E-state index is 4.39. The molecule has 0 spiro atoms. The van der Waals surface area contributed by atoms with E-state index in [1.165, 1.54) is 5.56 Å². The molecule has 0 atom stereocenters. The first kappa shape index (κ1) is 9.63. The topological polar surface area (TPSA) is 30.2 Å². The van der Waals surface area contributed by atoms with Gasteiger partial charge in [-0.05, 0) is 42.5 Å². The molecule has 68 valence electrons. The fourth-order valence-corrected chi connectivity index (χ4v) is 2.45. The lowest BCUT2D eigenvalue weighted by Gasteiger charge is -1.98. The van der Waals surface area contributed by atoms with E-state index >= 15 is 0 Å². The number of hydrogen-bond acceptors (Lipinski definition) is 2. The van der Waals surface area contributed by atoms with Crippen molar-refractivity contribution in [2.45, 2.75) is 13.8 Å². The minimum absolute atomic E-state index is 0.915. The molecule has 0 aliphatic carbocycles. The Morgan fingerprint density at radius 3 is 2.69 bits per heavy atom. The number of nitrogens with zero attached hydrogens (tertiary/aromatic N) is 3. The van der Waals surface area contributed by atoms with Crippen molar-refractivity contribution in [3.8, 4) is 0 Å². The van der Waals surface area contributed by atoms with Gasteiger partial charge >= 0.3 is 0 Å². The third-order valence-electron chi connectivity index (χ3n) is 1.90. The summed E-state index contributed by atoms with van der Waals surface area (Å²) < 4.78 is 3.84. The molecule has 3 nitrogen and oxygen atoms in total. The first-order valence-corrected chi connectivity index (χ1v) is 5.93. The number of aryl methyl sites for hydroxylation is 2. The smallest absolute Gasteiger partial charge is 0.192 e. The van der Waals surface area contributed by atoms with E-state index in [0.717, 1.165) is 18.7 Å². The molecule has 0 N–H and O–H groups in total. The molecule has 2 rings (SSSR count). The van der Waals surface area contributed by atoms with Crippen LogP contribution in [0.5, 0.6) is 0 Å². The molecule has 0 radical (unpaired) electrons. The lowest BCUT2D eigenvalue weighted by atomic mass is 10.3. The van der Waals surface area contributed by atoms with Gasteiger partial charge in [0.15, 0.2) is 3.83 Å². The van der Waals surface area contributed by atoms with Gasteiger partial charge in [-0.25, -0.2) is 9.50 Å². The summed E-state index contributed by atoms with van der Waals surface area (Å²) in [6.07, 6.45) is 0. The first-order chi connectivity index (χ1) is 6.09. The highest BCUT2D eigenvalue weighted by atomic mass is 127. The normalized spacial score (nSPS) is 11.1. The molecule has 13 heavy (non-hydrogen) atoms. The lowest BCUT2D eigenvalue weighted by molar-refractivity contribution is 0.862. The summed E-state index contributed by atoms with van der Waals surface area (Å²) in [5.74, 6) is 0. The van der Waals surface area contributed by atoms with Gasteiger partial charge in [0.2, 0.25) is 0 Å². The predicted molar refractivity (Wildman–Crippen MR) is 67.9 cm³/mol. The van der Waals surface area contributed by atoms with Crippen LogP contribution in [0.25, 0.3) is 5.52 Å². The molecule has 0 amide bonds. The van der Waals surface area contributed by atoms with E-state index < -0.39 is 0 Å². The average molecular weight is 399 g/mol. The SMILES string of the molecule is Cc1cc2c(C)c(I)nn2c(I)n1. The van der Waals surface area contributed by atoms with E-state index in [2.05, 4.69) is 68.3 Å². The van der Waals surface area contributed by atoms with Crippen molar-refractivity contribution in [3.05, 3.63) is 24.9 Å². The maximum atomic E-state index is 4.39. The summed E-state index contributed by atoms with van der Waals surface area (Å²) in [6.45, 7) is 4.08. The molecule has 0 aliphatic rings. The number of fused-ring (bicyclic) bond motifs is 1. The largest absolute Gasteiger partial charge is 0.228 e. The second kappa shape index (κ2) is 3.34. The summed E-state index contributed by atoms with van der Waals surface area (Å²) in [7, 11) is 0. The van der Waals surface area contributed by atoms with Crippen LogP contribution in [-0.4, -0.2) is 14.6 Å². The zero-order chi connectivity index (χ0) is 9.59. The fourth-order valence-electron chi connectivity index (χ4n) is 1.21. The zero-order valence-corrected chi connectivity index (χ0v) is 11.5. The van der Waals surface area contributed by atoms with Gasteiger partial charge in [0.25, 0.3) is 0 Å². The van der Waals surface area contributed by atoms with Crippen LogP contribution in [-0.2, 0) is 0 Å². The fraction of sp³-hybridized carbons (Fsp3) is 0.250. The van der Waals surface area contributed by atoms with Crippen molar-refractivity contribution in [1.29, 1.82) is 0 Å². The Hall–Kier alpha value is 0.0800. The Kier molecular flexibility index (Phi) is 2.47. The average Bonchev–Trinajstić information content (AvgIpc) is 2.32. The summed E-state index contributed by atoms with van der Waals surface area (Å²) in [6, 6.07) is 2.06. The second-order valence-corrected chi connectivity index (χ2v) is 4.87. The van der Waals surface area contributed by atoms with Crippen LogP contribution in [0.2, 0.25) is 0 Å². The number of rotatable bonds is 0. The number of halogens is 2. The third kappa shape index (κ3) is 1.56. The minimum atomic E-state index is 0.915. The van der Waals surface area contributed by atoms with Crippen LogP contribution in [0.1, 0.15) is 11.3 Å². The van der Waals surface area contributed by atoms with E-state index in [0.29, 0.717) is 0 Å². The van der Waals surface area contributed by atoms with Crippen molar-refractivity contribution < 1.29 is 0 Å². The van der Waals surface area contributed by atoms with Crippen LogP contribution in [0.4, 0.5) is 0 Å². The van der Waals surface area contributed by atoms with Crippen molar-refractivity contribution in [2.24, 2.45) is 0 Å². The molecular formula is C8H7I2N3. The number of aromatic nitrogens is 3. The minimum Gasteiger partial charge on any atom is -0.228 e. The standard InChI is InChI=1S/C8H7I2N3/c1-4-3-6-5(2)7(9)12-13(6)8(10)11-4/h3H,1-2H3. The van der Waals surface area contributed by atoms with Crippen LogP contribution in [0.15, 0.2) is 6.07 Å². The van der Waals surface area contributed by atoms with Gasteiger partial charge in [-0.2, -0.15) is 5.10 Å². The van der Waals surface area contributed by atoms with Crippen molar-refractivity contribution in [2.75, 3.05) is 0 Å². The van der Waals surface area contributed by atoms with Gasteiger partial charge in [0.05, 0.1) is 5.52 Å². The molecule has 0 aromatic carbocycles. The van der Waals surface area contributed by atoms with E-state index in [1.54, 1.807) is 0 Å². The van der Waals surface area contributed by atoms with E-state index in [1.807, 2.05) is 11.4 Å². The Bertz CT molecular complexity index is 476. The lowest BCUT2D eigenvalue weighted by Crippen LogP contribution is -1.98. The van der Waals surface area contributed by atoms with Crippen LogP contribution in [0, 0.1) is 21.4 Å². The molecule has 0 saturated carbocycles.